The fourth-order valence-corrected chi connectivity index (χ4v) is 2.92. The minimum Gasteiger partial charge on any atom is -0.348 e. The first-order chi connectivity index (χ1) is 9.72. The summed E-state index contributed by atoms with van der Waals surface area (Å²) in [6, 6.07) is -1.32. The van der Waals surface area contributed by atoms with Gasteiger partial charge in [-0.3, -0.25) is 9.59 Å². The van der Waals surface area contributed by atoms with Crippen molar-refractivity contribution in [2.45, 2.75) is 63.6 Å². The summed E-state index contributed by atoms with van der Waals surface area (Å²) in [5.41, 5.74) is 4.23. The van der Waals surface area contributed by atoms with Crippen LogP contribution in [0, 0.1) is 0 Å². The van der Waals surface area contributed by atoms with E-state index in [4.69, 9.17) is 5.73 Å². The molecule has 0 aromatic carbocycles. The number of hydrogen-bond donors (Lipinski definition) is 3. The summed E-state index contributed by atoms with van der Waals surface area (Å²) in [5, 5.41) is 5.54. The van der Waals surface area contributed by atoms with E-state index in [0.717, 1.165) is 17.7 Å². The van der Waals surface area contributed by atoms with E-state index in [1.54, 1.807) is 20.8 Å². The Morgan fingerprint density at radius 3 is 2.45 bits per heavy atom. The standard InChI is InChI=1S/C14H24N4O3.ClH/c1-9(10(19)16-13(2,3)8-15)18-11(20)14(17-12(18)21)6-4-5-7-14;/h9H,4-8,15H2,1-3H3,(H,16,19)(H,17,21);1H. The van der Waals surface area contributed by atoms with E-state index in [1.165, 1.54) is 0 Å². The molecule has 4 N–H and O–H groups in total. The van der Waals surface area contributed by atoms with Crippen molar-refractivity contribution in [3.63, 3.8) is 0 Å². The Bertz CT molecular complexity index is 475. The summed E-state index contributed by atoms with van der Waals surface area (Å²) in [6.45, 7) is 5.42. The zero-order valence-corrected chi connectivity index (χ0v) is 14.1. The Morgan fingerprint density at radius 2 is 1.95 bits per heavy atom. The van der Waals surface area contributed by atoms with Crippen LogP contribution in [0.2, 0.25) is 0 Å². The van der Waals surface area contributed by atoms with E-state index in [-0.39, 0.29) is 30.8 Å². The average Bonchev–Trinajstić information content (AvgIpc) is 2.96. The number of carbonyl (C=O) groups excluding carboxylic acids is 3. The predicted molar refractivity (Wildman–Crippen MR) is 84.6 cm³/mol. The second-order valence-electron chi connectivity index (χ2n) is 6.65. The summed E-state index contributed by atoms with van der Waals surface area (Å²) in [4.78, 5) is 38.0. The molecule has 0 aromatic heterocycles. The highest BCUT2D eigenvalue weighted by atomic mass is 35.5. The number of hydrogen-bond acceptors (Lipinski definition) is 4. The molecular weight excluding hydrogens is 308 g/mol. The van der Waals surface area contributed by atoms with Crippen molar-refractivity contribution in [2.75, 3.05) is 6.54 Å². The van der Waals surface area contributed by atoms with Crippen LogP contribution < -0.4 is 16.4 Å². The van der Waals surface area contributed by atoms with Crippen LogP contribution in [0.15, 0.2) is 0 Å². The molecule has 0 bridgehead atoms. The lowest BCUT2D eigenvalue weighted by Crippen LogP contribution is -2.56. The second kappa shape index (κ2) is 6.42. The summed E-state index contributed by atoms with van der Waals surface area (Å²) in [7, 11) is 0. The third-order valence-electron chi connectivity index (χ3n) is 4.39. The van der Waals surface area contributed by atoms with E-state index in [9.17, 15) is 14.4 Å². The van der Waals surface area contributed by atoms with Gasteiger partial charge in [-0.2, -0.15) is 0 Å². The first-order valence-electron chi connectivity index (χ1n) is 7.40. The van der Waals surface area contributed by atoms with Gasteiger partial charge in [0.15, 0.2) is 0 Å². The average molecular weight is 333 g/mol. The summed E-state index contributed by atoms with van der Waals surface area (Å²) < 4.78 is 0. The van der Waals surface area contributed by atoms with Crippen molar-refractivity contribution in [3.05, 3.63) is 0 Å². The normalized spacial score (nSPS) is 21.5. The molecule has 1 heterocycles. The lowest BCUT2D eigenvalue weighted by molar-refractivity contribution is -0.138. The second-order valence-corrected chi connectivity index (χ2v) is 6.65. The van der Waals surface area contributed by atoms with E-state index in [0.29, 0.717) is 12.8 Å². The number of nitrogens with two attached hydrogens (primary N) is 1. The smallest absolute Gasteiger partial charge is 0.325 e. The van der Waals surface area contributed by atoms with Gasteiger partial charge in [0.05, 0.1) is 0 Å². The third-order valence-corrected chi connectivity index (χ3v) is 4.39. The summed E-state index contributed by atoms with van der Waals surface area (Å²) in [6.07, 6.45) is 3.13. The Morgan fingerprint density at radius 1 is 1.41 bits per heavy atom. The number of rotatable bonds is 4. The number of halogens is 1. The zero-order valence-electron chi connectivity index (χ0n) is 13.3. The molecule has 126 valence electrons. The van der Waals surface area contributed by atoms with E-state index >= 15 is 0 Å². The quantitative estimate of drug-likeness (QED) is 0.652. The van der Waals surface area contributed by atoms with Gasteiger partial charge in [-0.15, -0.1) is 12.4 Å². The number of urea groups is 1. The highest BCUT2D eigenvalue weighted by molar-refractivity contribution is 6.10. The lowest BCUT2D eigenvalue weighted by atomic mass is 9.97. The number of amides is 4. The van der Waals surface area contributed by atoms with Gasteiger partial charge in [-0.1, -0.05) is 12.8 Å². The van der Waals surface area contributed by atoms with Crippen molar-refractivity contribution >= 4 is 30.3 Å². The van der Waals surface area contributed by atoms with Crippen LogP contribution >= 0.6 is 12.4 Å². The van der Waals surface area contributed by atoms with Crippen LogP contribution in [0.4, 0.5) is 4.79 Å². The molecule has 0 aromatic rings. The minimum atomic E-state index is -0.844. The molecule has 22 heavy (non-hydrogen) atoms. The highest BCUT2D eigenvalue weighted by Crippen LogP contribution is 2.35. The maximum atomic E-state index is 12.6. The zero-order chi connectivity index (χ0) is 15.8. The predicted octanol–water partition coefficient (Wildman–Crippen LogP) is 0.515. The topological polar surface area (TPSA) is 105 Å². The van der Waals surface area contributed by atoms with Crippen LogP contribution in [0.5, 0.6) is 0 Å². The maximum Gasteiger partial charge on any atom is 0.325 e. The van der Waals surface area contributed by atoms with Crippen LogP contribution in [0.3, 0.4) is 0 Å². The van der Waals surface area contributed by atoms with Crippen molar-refractivity contribution < 1.29 is 14.4 Å². The number of carbonyl (C=O) groups is 3. The monoisotopic (exact) mass is 332 g/mol. The van der Waals surface area contributed by atoms with Crippen molar-refractivity contribution in [1.29, 1.82) is 0 Å². The van der Waals surface area contributed by atoms with Crippen LogP contribution in [-0.4, -0.2) is 46.4 Å². The Labute approximate surface area is 136 Å². The van der Waals surface area contributed by atoms with Gasteiger partial charge in [-0.05, 0) is 33.6 Å². The Hall–Kier alpha value is -1.34. The van der Waals surface area contributed by atoms with Crippen molar-refractivity contribution in [3.8, 4) is 0 Å². The Balaban J connectivity index is 0.00000242. The molecule has 4 amide bonds. The first kappa shape index (κ1) is 18.7. The molecule has 1 saturated carbocycles. The number of nitrogens with zero attached hydrogens (tertiary/aromatic N) is 1. The minimum absolute atomic E-state index is 0. The molecule has 1 atom stereocenters. The first-order valence-corrected chi connectivity index (χ1v) is 7.40. The van der Waals surface area contributed by atoms with Gasteiger partial charge in [0.1, 0.15) is 11.6 Å². The molecule has 1 aliphatic carbocycles. The molecule has 8 heteroatoms. The summed E-state index contributed by atoms with van der Waals surface area (Å²) in [5.74, 6) is -0.651. The molecule has 1 saturated heterocycles. The SMILES string of the molecule is CC(C(=O)NC(C)(C)CN)N1C(=O)NC2(CCCC2)C1=O.Cl. The van der Waals surface area contributed by atoms with Crippen LogP contribution in [0.1, 0.15) is 46.5 Å². The van der Waals surface area contributed by atoms with E-state index in [1.807, 2.05) is 0 Å². The molecule has 1 spiro atoms. The number of imide groups is 1. The van der Waals surface area contributed by atoms with Gasteiger partial charge in [-0.25, -0.2) is 9.69 Å². The van der Waals surface area contributed by atoms with Gasteiger partial charge < -0.3 is 16.4 Å². The molecule has 2 aliphatic rings. The van der Waals surface area contributed by atoms with Crippen LogP contribution in [0.25, 0.3) is 0 Å². The van der Waals surface area contributed by atoms with Gasteiger partial charge in [0.2, 0.25) is 5.91 Å². The molecule has 2 fully saturated rings. The maximum absolute atomic E-state index is 12.6. The Kier molecular flexibility index (Phi) is 5.46. The van der Waals surface area contributed by atoms with Gasteiger partial charge in [0, 0.05) is 12.1 Å². The van der Waals surface area contributed by atoms with Gasteiger partial charge in [0.25, 0.3) is 5.91 Å². The van der Waals surface area contributed by atoms with E-state index in [2.05, 4.69) is 10.6 Å². The molecule has 1 aliphatic heterocycles. The van der Waals surface area contributed by atoms with E-state index < -0.39 is 23.2 Å². The molecule has 7 nitrogen and oxygen atoms in total. The fourth-order valence-electron chi connectivity index (χ4n) is 2.92. The van der Waals surface area contributed by atoms with Crippen molar-refractivity contribution in [2.24, 2.45) is 5.73 Å². The molecular formula is C14H25ClN4O3. The summed E-state index contributed by atoms with van der Waals surface area (Å²) >= 11 is 0. The number of nitrogens with one attached hydrogen (secondary N) is 2. The lowest BCUT2D eigenvalue weighted by Gasteiger charge is -2.29. The fraction of sp³-hybridized carbons (Fsp3) is 0.786. The largest absolute Gasteiger partial charge is 0.348 e. The van der Waals surface area contributed by atoms with Crippen molar-refractivity contribution in [1.82, 2.24) is 15.5 Å². The highest BCUT2D eigenvalue weighted by Gasteiger charge is 2.54. The van der Waals surface area contributed by atoms with Gasteiger partial charge >= 0.3 is 6.03 Å². The van der Waals surface area contributed by atoms with Crippen LogP contribution in [-0.2, 0) is 9.59 Å². The molecule has 0 radical (unpaired) electrons. The third kappa shape index (κ3) is 3.20. The molecule has 2 rings (SSSR count). The molecule has 1 unspecified atom stereocenters.